The van der Waals surface area contributed by atoms with E-state index < -0.39 is 28.5 Å². The number of non-ortho nitro benzene ring substituents is 1. The van der Waals surface area contributed by atoms with E-state index in [-0.39, 0.29) is 10.6 Å². The molecule has 11 nitrogen and oxygen atoms in total. The normalized spacial score (nSPS) is 16.8. The van der Waals surface area contributed by atoms with Crippen molar-refractivity contribution in [1.82, 2.24) is 4.90 Å². The molecule has 0 aliphatic carbocycles. The third kappa shape index (κ3) is 5.45. The van der Waals surface area contributed by atoms with E-state index >= 15 is 0 Å². The number of amides is 3. The second kappa shape index (κ2) is 10.9. The van der Waals surface area contributed by atoms with Gasteiger partial charge in [-0.15, -0.1) is 0 Å². The first-order chi connectivity index (χ1) is 18.4. The maximum absolute atomic E-state index is 12.9. The van der Waals surface area contributed by atoms with Gasteiger partial charge in [0.1, 0.15) is 18.1 Å². The Bertz CT molecular complexity index is 1440. The minimum atomic E-state index is -0.607. The van der Waals surface area contributed by atoms with Crippen molar-refractivity contribution in [3.05, 3.63) is 81.4 Å². The summed E-state index contributed by atoms with van der Waals surface area (Å²) in [5, 5.41) is 13.3. The molecule has 5 rings (SSSR count). The van der Waals surface area contributed by atoms with Crippen LogP contribution in [-0.2, 0) is 14.3 Å². The average molecular weight is 535 g/mol. The summed E-state index contributed by atoms with van der Waals surface area (Å²) < 4.78 is 11.1. The number of morpholine rings is 1. The smallest absolute Gasteiger partial charge is 0.294 e. The summed E-state index contributed by atoms with van der Waals surface area (Å²) >= 11 is 0.709. The molecular formula is C26H22N4O7S. The summed E-state index contributed by atoms with van der Waals surface area (Å²) in [7, 11) is 0. The van der Waals surface area contributed by atoms with Crippen molar-refractivity contribution in [2.75, 3.05) is 43.1 Å². The molecule has 3 heterocycles. The third-order valence-corrected chi connectivity index (χ3v) is 6.85. The lowest BCUT2D eigenvalue weighted by molar-refractivity contribution is -0.384. The van der Waals surface area contributed by atoms with Gasteiger partial charge in [-0.25, -0.2) is 0 Å². The number of nitrogens with one attached hydrogen (secondary N) is 1. The highest BCUT2D eigenvalue weighted by Gasteiger charge is 2.36. The third-order valence-electron chi connectivity index (χ3n) is 5.95. The van der Waals surface area contributed by atoms with Crippen LogP contribution in [0.5, 0.6) is 0 Å². The maximum Gasteiger partial charge on any atom is 0.294 e. The second-order valence-electron chi connectivity index (χ2n) is 8.44. The highest BCUT2D eigenvalue weighted by atomic mass is 32.2. The quantitative estimate of drug-likeness (QED) is 0.266. The van der Waals surface area contributed by atoms with E-state index in [2.05, 4.69) is 10.2 Å². The first-order valence-corrected chi connectivity index (χ1v) is 12.5. The van der Waals surface area contributed by atoms with Crippen LogP contribution in [0.2, 0.25) is 0 Å². The van der Waals surface area contributed by atoms with E-state index in [9.17, 15) is 24.5 Å². The number of rotatable bonds is 7. The Hall–Kier alpha value is -4.42. The highest BCUT2D eigenvalue weighted by molar-refractivity contribution is 8.18. The van der Waals surface area contributed by atoms with Gasteiger partial charge in [-0.2, -0.15) is 0 Å². The van der Waals surface area contributed by atoms with Crippen LogP contribution in [0.3, 0.4) is 0 Å². The van der Waals surface area contributed by atoms with E-state index in [1.54, 1.807) is 36.4 Å². The molecule has 0 bridgehead atoms. The predicted molar refractivity (Wildman–Crippen MR) is 142 cm³/mol. The number of nitro benzene ring substituents is 1. The Morgan fingerprint density at radius 3 is 2.66 bits per heavy atom. The molecule has 2 aliphatic heterocycles. The number of benzene rings is 2. The van der Waals surface area contributed by atoms with Crippen LogP contribution in [-0.4, -0.2) is 59.7 Å². The molecule has 2 saturated heterocycles. The SMILES string of the molecule is O=C(CN1C(=O)S/C(=C/c2ccc(-c3cccc([N+](=O)[O-])c3)o2)C1=O)Nc1ccccc1N1CCOCC1. The summed E-state index contributed by atoms with van der Waals surface area (Å²) in [5.41, 5.74) is 1.86. The average Bonchev–Trinajstić information content (AvgIpc) is 3.50. The molecule has 0 radical (unpaired) electrons. The van der Waals surface area contributed by atoms with Crippen LogP contribution < -0.4 is 10.2 Å². The molecule has 194 valence electrons. The van der Waals surface area contributed by atoms with Gasteiger partial charge in [0.05, 0.1) is 34.4 Å². The fourth-order valence-corrected chi connectivity index (χ4v) is 4.93. The number of para-hydroxylation sites is 2. The molecule has 3 amide bonds. The standard InChI is InChI=1S/C26H22N4O7S/c31-24(27-20-6-1-2-7-21(20)28-10-12-36-13-11-28)16-29-25(32)23(38-26(29)33)15-19-8-9-22(37-19)17-4-3-5-18(14-17)30(34)35/h1-9,14-15H,10-13,16H2,(H,27,31)/b23-15+. The predicted octanol–water partition coefficient (Wildman–Crippen LogP) is 4.37. The van der Waals surface area contributed by atoms with Gasteiger partial charge in [0, 0.05) is 36.9 Å². The number of ether oxygens (including phenoxy) is 1. The van der Waals surface area contributed by atoms with Crippen molar-refractivity contribution in [1.29, 1.82) is 0 Å². The molecule has 1 N–H and O–H groups in total. The Kier molecular flexibility index (Phi) is 7.24. The number of carbonyl (C=O) groups is 3. The minimum Gasteiger partial charge on any atom is -0.457 e. The Morgan fingerprint density at radius 2 is 1.87 bits per heavy atom. The topological polar surface area (TPSA) is 135 Å². The molecule has 2 aromatic carbocycles. The number of nitrogens with zero attached hydrogens (tertiary/aromatic N) is 3. The lowest BCUT2D eigenvalue weighted by Gasteiger charge is -2.30. The first kappa shape index (κ1) is 25.2. The summed E-state index contributed by atoms with van der Waals surface area (Å²) in [4.78, 5) is 51.9. The van der Waals surface area contributed by atoms with Crippen LogP contribution in [0.4, 0.5) is 21.9 Å². The maximum atomic E-state index is 12.9. The molecule has 1 aromatic heterocycles. The molecule has 0 atom stereocenters. The molecule has 0 unspecified atom stereocenters. The summed E-state index contributed by atoms with van der Waals surface area (Å²) in [5.74, 6) is -0.441. The second-order valence-corrected chi connectivity index (χ2v) is 9.44. The van der Waals surface area contributed by atoms with Crippen LogP contribution in [0, 0.1) is 10.1 Å². The molecule has 0 saturated carbocycles. The van der Waals surface area contributed by atoms with Gasteiger partial charge in [0.15, 0.2) is 0 Å². The van der Waals surface area contributed by atoms with Gasteiger partial charge in [0.2, 0.25) is 5.91 Å². The minimum absolute atomic E-state index is 0.0765. The molecule has 38 heavy (non-hydrogen) atoms. The van der Waals surface area contributed by atoms with Crippen LogP contribution >= 0.6 is 11.8 Å². The van der Waals surface area contributed by atoms with Crippen molar-refractivity contribution in [3.63, 3.8) is 0 Å². The zero-order valence-electron chi connectivity index (χ0n) is 20.0. The van der Waals surface area contributed by atoms with Crippen LogP contribution in [0.1, 0.15) is 5.76 Å². The van der Waals surface area contributed by atoms with Crippen molar-refractivity contribution in [3.8, 4) is 11.3 Å². The van der Waals surface area contributed by atoms with Crippen molar-refractivity contribution >= 4 is 52.0 Å². The lowest BCUT2D eigenvalue weighted by Crippen LogP contribution is -2.38. The van der Waals surface area contributed by atoms with E-state index in [0.29, 0.717) is 60.8 Å². The van der Waals surface area contributed by atoms with E-state index in [1.807, 2.05) is 12.1 Å². The van der Waals surface area contributed by atoms with Crippen LogP contribution in [0.15, 0.2) is 70.0 Å². The van der Waals surface area contributed by atoms with E-state index in [0.717, 1.165) is 10.6 Å². The van der Waals surface area contributed by atoms with Crippen LogP contribution in [0.25, 0.3) is 17.4 Å². The zero-order valence-corrected chi connectivity index (χ0v) is 20.8. The largest absolute Gasteiger partial charge is 0.457 e. The number of hydrogen-bond acceptors (Lipinski definition) is 9. The van der Waals surface area contributed by atoms with Gasteiger partial charge in [-0.3, -0.25) is 29.4 Å². The Labute approximate surface area is 221 Å². The fraction of sp³-hybridized carbons (Fsp3) is 0.192. The molecule has 2 fully saturated rings. The van der Waals surface area contributed by atoms with Crippen molar-refractivity contribution < 1.29 is 28.5 Å². The number of hydrogen-bond donors (Lipinski definition) is 1. The molecule has 0 spiro atoms. The summed E-state index contributed by atoms with van der Waals surface area (Å²) in [6.07, 6.45) is 1.41. The van der Waals surface area contributed by atoms with Gasteiger partial charge in [-0.1, -0.05) is 24.3 Å². The van der Waals surface area contributed by atoms with Crippen molar-refractivity contribution in [2.24, 2.45) is 0 Å². The zero-order chi connectivity index (χ0) is 26.6. The molecule has 2 aliphatic rings. The highest BCUT2D eigenvalue weighted by Crippen LogP contribution is 2.34. The number of anilines is 2. The molecule has 12 heteroatoms. The van der Waals surface area contributed by atoms with E-state index in [4.69, 9.17) is 9.15 Å². The van der Waals surface area contributed by atoms with Gasteiger partial charge in [0.25, 0.3) is 16.8 Å². The number of imide groups is 1. The summed E-state index contributed by atoms with van der Waals surface area (Å²) in [6, 6.07) is 16.5. The monoisotopic (exact) mass is 534 g/mol. The summed E-state index contributed by atoms with van der Waals surface area (Å²) in [6.45, 7) is 2.13. The first-order valence-electron chi connectivity index (χ1n) is 11.7. The number of carbonyl (C=O) groups excluding carboxylic acids is 3. The number of furan rings is 1. The Morgan fingerprint density at radius 1 is 1.08 bits per heavy atom. The lowest BCUT2D eigenvalue weighted by atomic mass is 10.1. The van der Waals surface area contributed by atoms with Gasteiger partial charge in [-0.05, 0) is 36.0 Å². The Balaban J connectivity index is 1.26. The van der Waals surface area contributed by atoms with Crippen molar-refractivity contribution in [2.45, 2.75) is 0 Å². The fourth-order valence-electron chi connectivity index (χ4n) is 4.12. The number of nitro groups is 1. The van der Waals surface area contributed by atoms with Gasteiger partial charge < -0.3 is 19.4 Å². The molecular weight excluding hydrogens is 512 g/mol. The van der Waals surface area contributed by atoms with E-state index in [1.165, 1.54) is 18.2 Å². The van der Waals surface area contributed by atoms with Gasteiger partial charge >= 0.3 is 0 Å². The molecule has 3 aromatic rings. The number of thioether (sulfide) groups is 1.